The van der Waals surface area contributed by atoms with Crippen LogP contribution in [0.15, 0.2) is 55.0 Å². The first-order valence-electron chi connectivity index (χ1n) is 34.6. The molecule has 0 saturated carbocycles. The number of nitrogens with two attached hydrogens (primary N) is 1. The summed E-state index contributed by atoms with van der Waals surface area (Å²) in [6, 6.07) is 7.92. The van der Waals surface area contributed by atoms with E-state index in [2.05, 4.69) is 242 Å². The maximum absolute atomic E-state index is 15.1. The van der Waals surface area contributed by atoms with Crippen LogP contribution in [0.4, 0.5) is 19.1 Å². The number of aromatic nitrogens is 12. The summed E-state index contributed by atoms with van der Waals surface area (Å²) in [5.74, 6) is -1.27. The van der Waals surface area contributed by atoms with Crippen molar-refractivity contribution in [2.45, 2.75) is 173 Å². The summed E-state index contributed by atoms with van der Waals surface area (Å²) in [5.41, 5.74) is 9.60. The van der Waals surface area contributed by atoms with Crippen molar-refractivity contribution in [3.8, 4) is 33.8 Å². The van der Waals surface area contributed by atoms with Crippen LogP contribution in [0.3, 0.4) is 0 Å². The molecule has 0 bridgehead atoms. The van der Waals surface area contributed by atoms with E-state index in [1.807, 2.05) is 46.5 Å². The molecule has 2 aliphatic rings. The Morgan fingerprint density at radius 3 is 1.25 bits per heavy atom. The van der Waals surface area contributed by atoms with Gasteiger partial charge in [-0.2, -0.15) is 8.61 Å². The van der Waals surface area contributed by atoms with Crippen molar-refractivity contribution in [3.63, 3.8) is 0 Å². The number of imidazole rings is 3. The number of nitrogens with one attached hydrogen (secondary N) is 2. The number of alkyl halides is 7. The average Bonchev–Trinajstić information content (AvgIpc) is 1.62. The molecule has 9 aromatic rings. The van der Waals surface area contributed by atoms with E-state index < -0.39 is 61.9 Å². The van der Waals surface area contributed by atoms with Crippen molar-refractivity contribution < 1.29 is 92.7 Å². The fourth-order valence-electron chi connectivity index (χ4n) is 10.8. The third-order valence-electron chi connectivity index (χ3n) is 16.1. The van der Waals surface area contributed by atoms with Crippen LogP contribution in [-0.4, -0.2) is 185 Å². The third kappa shape index (κ3) is 33.8. The number of halogens is 15. The Morgan fingerprint density at radius 2 is 0.948 bits per heavy atom. The Kier molecular flexibility index (Phi) is 52.4. The molecule has 3 aromatic carbocycles. The number of β-amino-alcohol motifs (C(OH)–C–C–N with tert-alkyl or cyclic N) is 2. The Labute approximate surface area is 832 Å². The van der Waals surface area contributed by atoms with Gasteiger partial charge in [-0.3, -0.25) is 9.59 Å². The van der Waals surface area contributed by atoms with Crippen LogP contribution >= 0.6 is 216 Å². The summed E-state index contributed by atoms with van der Waals surface area (Å²) < 4.78 is 105. The number of piperidine rings is 2. The van der Waals surface area contributed by atoms with Gasteiger partial charge in [0.1, 0.15) is 27.9 Å². The van der Waals surface area contributed by atoms with Crippen LogP contribution in [0.5, 0.6) is 0 Å². The zero-order chi connectivity index (χ0) is 87.1. The van der Waals surface area contributed by atoms with Crippen LogP contribution in [0, 0.1) is 60.0 Å². The Hall–Kier alpha value is -0.260. The number of ketones is 2. The van der Waals surface area contributed by atoms with Gasteiger partial charge < -0.3 is 40.1 Å². The molecular weight excluding hydrogens is 2490 g/mol. The maximum atomic E-state index is 15.1. The quantitative estimate of drug-likeness (QED) is 0.0226. The molecule has 7 N–H and O–H groups in total. The number of aliphatic hydroxyl groups excluding tert-OH is 3. The number of hydrogen-bond acceptors (Lipinski definition) is 22. The van der Waals surface area contributed by atoms with E-state index in [1.54, 1.807) is 38.8 Å². The molecule has 1 unspecified atom stereocenters. The van der Waals surface area contributed by atoms with Crippen molar-refractivity contribution in [2.24, 2.45) is 5.73 Å². The number of anilines is 1. The van der Waals surface area contributed by atoms with Gasteiger partial charge in [-0.15, -0.1) is 0 Å². The number of sulfonamides is 2. The SMILES string of the molecule is C.CC(=O)c1nc2c(F)cc(-c3nc(Cl)ncc3Cl)cc2n1C(C)C.CC(=O)c1nc2c(F)cc(-c3nc(N[C@@H]4CCN(S(C)(=O)=O)C[C@H]4O)ncc3Cl)cc2n1C(C)C.CC(O)c1nc2c(F)cc(-c3nc(Cl)ncc3Cl)cc2n1C(C)C.CCC(I)(I)I.CCC(I)I.CCCI.CI.CS(=O)(=O)N1CC[C@@H](N)[C@H](O)C1.N=S.[Ar]. The monoisotopic (exact) mass is 2580 g/mol. The van der Waals surface area contributed by atoms with Crippen molar-refractivity contribution in [1.82, 2.24) is 67.2 Å². The molecular formula is C71H94ArCl5F3I7N17O9S3. The number of fused-ring (bicyclic) bond motifs is 3. The molecule has 2 saturated heterocycles. The number of carbonyl (C=O) groups is 2. The smallest absolute Gasteiger partial charge is 0.223 e. The van der Waals surface area contributed by atoms with Gasteiger partial charge >= 0.3 is 0 Å². The molecule has 0 aliphatic carbocycles. The van der Waals surface area contributed by atoms with Crippen molar-refractivity contribution >= 4 is 299 Å². The van der Waals surface area contributed by atoms with Crippen LogP contribution < -0.4 is 11.1 Å². The van der Waals surface area contributed by atoms with Gasteiger partial charge in [0.15, 0.2) is 40.7 Å². The van der Waals surface area contributed by atoms with Gasteiger partial charge in [-0.25, -0.2) is 79.6 Å². The number of nitrogens with zero attached hydrogens (tertiary/aromatic N) is 14. The van der Waals surface area contributed by atoms with E-state index in [4.69, 9.17) is 68.5 Å². The zero-order valence-corrected chi connectivity index (χ0v) is 86.9. The first kappa shape index (κ1) is 114. The topological polar surface area (TPSA) is 362 Å². The molecule has 6 aromatic heterocycles. The second-order valence-corrected chi connectivity index (χ2v) is 49.9. The minimum absolute atomic E-state index is 0. The molecule has 26 nitrogen and oxygen atoms in total. The molecule has 648 valence electrons. The predicted molar refractivity (Wildman–Crippen MR) is 522 cm³/mol. The molecule has 0 spiro atoms. The van der Waals surface area contributed by atoms with Gasteiger partial charge in [0.25, 0.3) is 0 Å². The molecule has 8 heterocycles. The Bertz CT molecular complexity index is 4960. The van der Waals surface area contributed by atoms with E-state index >= 15 is 4.39 Å². The number of rotatable bonds is 16. The molecule has 5 atom stereocenters. The van der Waals surface area contributed by atoms with E-state index in [0.717, 1.165) is 14.4 Å². The minimum Gasteiger partial charge on any atom is -0.390 e. The summed E-state index contributed by atoms with van der Waals surface area (Å²) in [6.07, 6.45) is 8.49. The van der Waals surface area contributed by atoms with Crippen LogP contribution in [0.2, 0.25) is 25.6 Å². The van der Waals surface area contributed by atoms with Gasteiger partial charge in [0, 0.05) is 131 Å². The fourth-order valence-corrected chi connectivity index (χ4v) is 13.3. The van der Waals surface area contributed by atoms with E-state index in [0.29, 0.717) is 69.3 Å². The first-order valence-corrected chi connectivity index (χ1v) is 50.0. The van der Waals surface area contributed by atoms with Crippen LogP contribution in [0.1, 0.15) is 174 Å². The number of carbonyl (C=O) groups excluding carboxylic acids is 2. The summed E-state index contributed by atoms with van der Waals surface area (Å²) >= 11 is 50.1. The Balaban J connectivity index is 0.000000740. The minimum atomic E-state index is -3.41. The van der Waals surface area contributed by atoms with Crippen LogP contribution in [-0.2, 0) is 32.5 Å². The summed E-state index contributed by atoms with van der Waals surface area (Å²) in [7, 11) is -6.57. The number of hydrogen-bond donors (Lipinski definition) is 6. The molecule has 2 aliphatic heterocycles. The fraction of sp³-hybridized carbons (Fsp3) is 0.507. The molecule has 11 rings (SSSR count). The Morgan fingerprint density at radius 1 is 0.621 bits per heavy atom. The third-order valence-corrected chi connectivity index (χ3v) is 25.0. The van der Waals surface area contributed by atoms with Crippen LogP contribution in [0.25, 0.3) is 66.9 Å². The molecule has 0 amide bonds. The van der Waals surface area contributed by atoms with Gasteiger partial charge in [-0.05, 0) is 150 Å². The predicted octanol–water partition coefficient (Wildman–Crippen LogP) is 20.3. The zero-order valence-electron chi connectivity index (χ0n) is 64.8. The normalized spacial score (nSPS) is 15.8. The summed E-state index contributed by atoms with van der Waals surface area (Å²) in [6.45, 7) is 23.1. The van der Waals surface area contributed by atoms with E-state index in [9.17, 15) is 50.5 Å². The molecule has 45 heteroatoms. The maximum Gasteiger partial charge on any atom is 0.223 e. The number of Topliss-reactive ketones (excluding diaryl/α,β-unsaturated/α-hetero) is 2. The van der Waals surface area contributed by atoms with Gasteiger partial charge in [0.05, 0.1) is 100.0 Å². The standard InChI is InChI=1S/C22H26ClFN6O4S.C16H15Cl2FN4O.C16H13Cl2FN4O.C6H14N2O3S.C3H5I3.C3H6I2.C3H7I.CH3I.CH4.Ar.HNS/c1-11(2)30-17-8-13(7-15(24)20(17)27-21(30)12(3)31)19-14(23)9-25-22(28-19)26-16-5-6-29(10-18(16)32)35(4,33)34;2*1-7(2)23-12-5-9(13-10(17)6-20-16(18)22-13)4-11(19)14(12)21-15(23)8(3)24;1-12(10,11)8-3-2-5(7)6(9)4-8;1-2-3(4,5)6;1-2-3(4)5;1-2-3-4;1-2;;;1-2/h7-9,11,16,18,32H,5-6,10H2,1-4H3,(H,25,26,28);4-8,24H,1-3H3;4-7H,1-3H3;5-6,9H,2-4,7H2,1H3;2H2,1H3;3H,2H2,1H3;2-3H2,1H3;1H3;1H4;;1H/t16-,18-;;;5-,6-;;;;;;;/m1..1......./s1. The van der Waals surface area contributed by atoms with Crippen molar-refractivity contribution in [1.29, 1.82) is 4.78 Å². The largest absolute Gasteiger partial charge is 0.390 e. The second-order valence-electron chi connectivity index (χ2n) is 25.9. The molecule has 2 fully saturated rings. The molecule has 116 heavy (non-hydrogen) atoms. The average molecular weight is 2590 g/mol. The van der Waals surface area contributed by atoms with Crippen molar-refractivity contribution in [2.75, 3.05) is 53.4 Å². The van der Waals surface area contributed by atoms with Gasteiger partial charge in [0.2, 0.25) is 36.6 Å². The van der Waals surface area contributed by atoms with Gasteiger partial charge in [-0.1, -0.05) is 221 Å². The van der Waals surface area contributed by atoms with E-state index in [-0.39, 0.29) is 166 Å². The number of benzene rings is 3. The summed E-state index contributed by atoms with van der Waals surface area (Å²) in [4.78, 5) is 62.9. The summed E-state index contributed by atoms with van der Waals surface area (Å²) in [5, 5.41) is 33.5. The number of aliphatic hydroxyl groups is 3. The van der Waals surface area contributed by atoms with Crippen molar-refractivity contribution in [3.05, 3.63) is 116 Å². The van der Waals surface area contributed by atoms with E-state index in [1.165, 1.54) is 82.9 Å². The first-order chi connectivity index (χ1) is 53.1. The molecule has 0 radical (unpaired) electrons. The second kappa shape index (κ2) is 53.4.